The average molecular weight is 428 g/mol. The molecule has 0 aromatic heterocycles. The number of nitrogens with one attached hydrogen (secondary N) is 1. The molecule has 0 radical (unpaired) electrons. The molecule has 0 saturated carbocycles. The highest BCUT2D eigenvalue weighted by molar-refractivity contribution is 6.30. The molecule has 2 aromatic carbocycles. The van der Waals surface area contributed by atoms with Gasteiger partial charge >= 0.3 is 12.6 Å². The Morgan fingerprint density at radius 3 is 2.48 bits per heavy atom. The van der Waals surface area contributed by atoms with Crippen LogP contribution in [0.4, 0.5) is 8.78 Å². The normalized spacial score (nSPS) is 10.5. The van der Waals surface area contributed by atoms with Gasteiger partial charge in [0, 0.05) is 23.6 Å². The summed E-state index contributed by atoms with van der Waals surface area (Å²) >= 11 is 5.77. The van der Waals surface area contributed by atoms with Crippen LogP contribution >= 0.6 is 11.6 Å². The third kappa shape index (κ3) is 7.57. The molecule has 1 N–H and O–H groups in total. The van der Waals surface area contributed by atoms with Crippen molar-refractivity contribution in [2.75, 3.05) is 13.7 Å². The second kappa shape index (κ2) is 11.2. The quantitative estimate of drug-likeness (QED) is 0.454. The standard InChI is InChI=1S/C20H20ClF2NO5/c1-27-17-11-13(4-9-16(17)29-20(22)23)12-28-18(25)3-2-10-24-19(26)14-5-7-15(21)8-6-14/h4-9,11,20H,2-3,10,12H2,1H3,(H,24,26). The maximum atomic E-state index is 12.3. The Hall–Kier alpha value is -2.87. The number of amides is 1. The Balaban J connectivity index is 1.71. The number of carbonyl (C=O) groups is 2. The number of halogens is 3. The van der Waals surface area contributed by atoms with Gasteiger partial charge in [0.15, 0.2) is 11.5 Å². The minimum atomic E-state index is -2.97. The van der Waals surface area contributed by atoms with E-state index in [0.717, 1.165) is 0 Å². The van der Waals surface area contributed by atoms with Gasteiger partial charge in [-0.3, -0.25) is 9.59 Å². The lowest BCUT2D eigenvalue weighted by Crippen LogP contribution is -2.24. The minimum absolute atomic E-state index is 0.0404. The van der Waals surface area contributed by atoms with Crippen molar-refractivity contribution in [3.8, 4) is 11.5 Å². The minimum Gasteiger partial charge on any atom is -0.493 e. The Morgan fingerprint density at radius 1 is 1.10 bits per heavy atom. The number of rotatable bonds is 10. The number of esters is 1. The van der Waals surface area contributed by atoms with Gasteiger partial charge in [0.1, 0.15) is 6.61 Å². The molecule has 0 aliphatic carbocycles. The van der Waals surface area contributed by atoms with Gasteiger partial charge in [-0.15, -0.1) is 0 Å². The zero-order chi connectivity index (χ0) is 21.2. The summed E-state index contributed by atoms with van der Waals surface area (Å²) in [4.78, 5) is 23.8. The van der Waals surface area contributed by atoms with E-state index in [9.17, 15) is 18.4 Å². The number of benzene rings is 2. The molecule has 0 bridgehead atoms. The van der Waals surface area contributed by atoms with Gasteiger partial charge < -0.3 is 19.5 Å². The van der Waals surface area contributed by atoms with E-state index >= 15 is 0 Å². The molecule has 29 heavy (non-hydrogen) atoms. The fraction of sp³-hybridized carbons (Fsp3) is 0.300. The van der Waals surface area contributed by atoms with Crippen LogP contribution in [0.1, 0.15) is 28.8 Å². The molecule has 2 rings (SSSR count). The van der Waals surface area contributed by atoms with Crippen molar-refractivity contribution < 1.29 is 32.6 Å². The van der Waals surface area contributed by atoms with E-state index in [4.69, 9.17) is 21.1 Å². The first kappa shape index (κ1) is 22.4. The van der Waals surface area contributed by atoms with Crippen LogP contribution in [0.3, 0.4) is 0 Å². The summed E-state index contributed by atoms with van der Waals surface area (Å²) < 4.78 is 39.1. The fourth-order valence-electron chi connectivity index (χ4n) is 2.37. The third-order valence-corrected chi connectivity index (χ3v) is 4.05. The van der Waals surface area contributed by atoms with Gasteiger partial charge in [-0.1, -0.05) is 17.7 Å². The second-order valence-electron chi connectivity index (χ2n) is 5.89. The second-order valence-corrected chi connectivity index (χ2v) is 6.33. The zero-order valence-electron chi connectivity index (χ0n) is 15.6. The molecule has 0 fully saturated rings. The van der Waals surface area contributed by atoms with Gasteiger partial charge in [-0.2, -0.15) is 8.78 Å². The van der Waals surface area contributed by atoms with Gasteiger partial charge in [0.25, 0.3) is 5.91 Å². The highest BCUT2D eigenvalue weighted by atomic mass is 35.5. The van der Waals surface area contributed by atoms with Crippen molar-refractivity contribution in [3.05, 3.63) is 58.6 Å². The highest BCUT2D eigenvalue weighted by Crippen LogP contribution is 2.29. The molecule has 2 aromatic rings. The summed E-state index contributed by atoms with van der Waals surface area (Å²) in [6.07, 6.45) is 0.521. The number of methoxy groups -OCH3 is 1. The number of carbonyl (C=O) groups excluding carboxylic acids is 2. The summed E-state index contributed by atoms with van der Waals surface area (Å²) in [6.45, 7) is -2.70. The van der Waals surface area contributed by atoms with E-state index in [1.807, 2.05) is 0 Å². The summed E-state index contributed by atoms with van der Waals surface area (Å²) in [6, 6.07) is 10.7. The fourth-order valence-corrected chi connectivity index (χ4v) is 2.50. The van der Waals surface area contributed by atoms with E-state index < -0.39 is 12.6 Å². The SMILES string of the molecule is COc1cc(COC(=O)CCCNC(=O)c2ccc(Cl)cc2)ccc1OC(F)F. The molecule has 0 heterocycles. The predicted octanol–water partition coefficient (Wildman–Crippen LogP) is 4.20. The average Bonchev–Trinajstić information content (AvgIpc) is 2.70. The number of ether oxygens (including phenoxy) is 3. The monoisotopic (exact) mass is 427 g/mol. The Bertz CT molecular complexity index is 830. The lowest BCUT2D eigenvalue weighted by molar-refractivity contribution is -0.145. The van der Waals surface area contributed by atoms with Gasteiger partial charge in [0.2, 0.25) is 0 Å². The van der Waals surface area contributed by atoms with Crippen molar-refractivity contribution in [2.24, 2.45) is 0 Å². The van der Waals surface area contributed by atoms with E-state index in [1.165, 1.54) is 25.3 Å². The molecule has 6 nitrogen and oxygen atoms in total. The van der Waals surface area contributed by atoms with E-state index in [-0.39, 0.29) is 30.4 Å². The summed E-state index contributed by atoms with van der Waals surface area (Å²) in [5.41, 5.74) is 1.04. The summed E-state index contributed by atoms with van der Waals surface area (Å²) in [7, 11) is 1.32. The van der Waals surface area contributed by atoms with Crippen LogP contribution in [-0.2, 0) is 16.1 Å². The van der Waals surface area contributed by atoms with Gasteiger partial charge in [-0.25, -0.2) is 0 Å². The molecule has 1 amide bonds. The molecular formula is C20H20ClF2NO5. The zero-order valence-corrected chi connectivity index (χ0v) is 16.4. The van der Waals surface area contributed by atoms with E-state index in [1.54, 1.807) is 24.3 Å². The van der Waals surface area contributed by atoms with Crippen molar-refractivity contribution in [1.29, 1.82) is 0 Å². The maximum Gasteiger partial charge on any atom is 0.387 e. The molecule has 9 heteroatoms. The maximum absolute atomic E-state index is 12.3. The van der Waals surface area contributed by atoms with Crippen LogP contribution in [0.5, 0.6) is 11.5 Å². The van der Waals surface area contributed by atoms with Gasteiger partial charge in [0.05, 0.1) is 7.11 Å². The summed E-state index contributed by atoms with van der Waals surface area (Å²) in [5.74, 6) is -0.691. The van der Waals surface area contributed by atoms with Crippen LogP contribution in [0.25, 0.3) is 0 Å². The highest BCUT2D eigenvalue weighted by Gasteiger charge is 2.12. The van der Waals surface area contributed by atoms with Crippen molar-refractivity contribution in [2.45, 2.75) is 26.1 Å². The van der Waals surface area contributed by atoms with Gasteiger partial charge in [-0.05, 0) is 48.4 Å². The molecule has 0 saturated heterocycles. The van der Waals surface area contributed by atoms with Crippen molar-refractivity contribution >= 4 is 23.5 Å². The van der Waals surface area contributed by atoms with E-state index in [2.05, 4.69) is 10.1 Å². The first-order chi connectivity index (χ1) is 13.9. The van der Waals surface area contributed by atoms with E-state index in [0.29, 0.717) is 29.1 Å². The molecule has 0 spiro atoms. The van der Waals surface area contributed by atoms with Crippen LogP contribution in [0, 0.1) is 0 Å². The Morgan fingerprint density at radius 2 is 1.83 bits per heavy atom. The molecule has 0 atom stereocenters. The predicted molar refractivity (Wildman–Crippen MR) is 102 cm³/mol. The van der Waals surface area contributed by atoms with Crippen LogP contribution in [-0.4, -0.2) is 32.1 Å². The number of hydrogen-bond acceptors (Lipinski definition) is 5. The largest absolute Gasteiger partial charge is 0.493 e. The Labute approximate surface area is 171 Å². The third-order valence-electron chi connectivity index (χ3n) is 3.79. The first-order valence-electron chi connectivity index (χ1n) is 8.70. The molecule has 0 aliphatic rings. The lowest BCUT2D eigenvalue weighted by Gasteiger charge is -2.11. The van der Waals surface area contributed by atoms with Crippen LogP contribution < -0.4 is 14.8 Å². The van der Waals surface area contributed by atoms with Crippen LogP contribution in [0.2, 0.25) is 5.02 Å². The molecule has 156 valence electrons. The smallest absolute Gasteiger partial charge is 0.387 e. The number of alkyl halides is 2. The summed E-state index contributed by atoms with van der Waals surface area (Å²) in [5, 5.41) is 3.24. The lowest BCUT2D eigenvalue weighted by atomic mass is 10.2. The number of hydrogen-bond donors (Lipinski definition) is 1. The van der Waals surface area contributed by atoms with Crippen molar-refractivity contribution in [3.63, 3.8) is 0 Å². The Kier molecular flexibility index (Phi) is 8.67. The molecule has 0 aliphatic heterocycles. The van der Waals surface area contributed by atoms with Crippen LogP contribution in [0.15, 0.2) is 42.5 Å². The topological polar surface area (TPSA) is 73.9 Å². The first-order valence-corrected chi connectivity index (χ1v) is 9.08. The van der Waals surface area contributed by atoms with Crippen molar-refractivity contribution in [1.82, 2.24) is 5.32 Å². The molecule has 0 unspecified atom stereocenters. The molecular weight excluding hydrogens is 408 g/mol.